The SMILES string of the molecule is Cc1cccc(N2CCN([C@H](c3cc4cc5c(cc4[nH]c3=O)OCO5)c3nnnn3C[C@@H]3CCCO3)CC2)c1C. The minimum Gasteiger partial charge on any atom is -0.454 e. The number of benzene rings is 2. The van der Waals surface area contributed by atoms with Crippen LogP contribution in [0.3, 0.4) is 0 Å². The predicted molar refractivity (Wildman–Crippen MR) is 149 cm³/mol. The van der Waals surface area contributed by atoms with Crippen LogP contribution in [-0.4, -0.2) is 75.8 Å². The number of aromatic amines is 1. The molecule has 1 N–H and O–H groups in total. The molecule has 3 aliphatic heterocycles. The summed E-state index contributed by atoms with van der Waals surface area (Å²) < 4.78 is 18.8. The standard InChI is InChI=1S/C29H33N7O4/c1-18-5-3-7-24(19(18)2)34-8-10-35(11-9-34)27(28-31-32-33-36(28)16-21-6-4-12-38-21)22-13-20-14-25-26(40-17-39-25)15-23(20)30-29(22)37/h3,5,7,13-15,21,27H,4,6,8-12,16-17H2,1-2H3,(H,30,37)/t21-,27+/m0/s1. The van der Waals surface area contributed by atoms with Crippen LogP contribution in [0.15, 0.2) is 41.2 Å². The highest BCUT2D eigenvalue weighted by molar-refractivity contribution is 5.83. The molecule has 0 amide bonds. The zero-order valence-corrected chi connectivity index (χ0v) is 22.8. The summed E-state index contributed by atoms with van der Waals surface area (Å²) in [6.45, 7) is 8.99. The van der Waals surface area contributed by atoms with Crippen LogP contribution in [0.4, 0.5) is 5.69 Å². The van der Waals surface area contributed by atoms with Crippen molar-refractivity contribution in [1.29, 1.82) is 0 Å². The molecule has 5 heterocycles. The Kier molecular flexibility index (Phi) is 6.39. The van der Waals surface area contributed by atoms with E-state index in [1.807, 2.05) is 22.9 Å². The molecular formula is C29H33N7O4. The average molecular weight is 544 g/mol. The Balaban J connectivity index is 1.26. The molecular weight excluding hydrogens is 510 g/mol. The maximum Gasteiger partial charge on any atom is 0.253 e. The quantitative estimate of drug-likeness (QED) is 0.392. The monoisotopic (exact) mass is 543 g/mol. The fourth-order valence-electron chi connectivity index (χ4n) is 6.13. The Morgan fingerprint density at radius 3 is 2.70 bits per heavy atom. The summed E-state index contributed by atoms with van der Waals surface area (Å²) in [5.41, 5.74) is 5.00. The number of aromatic nitrogens is 5. The second-order valence-electron chi connectivity index (χ2n) is 10.8. The van der Waals surface area contributed by atoms with Crippen LogP contribution < -0.4 is 19.9 Å². The molecule has 0 radical (unpaired) electrons. The first kappa shape index (κ1) is 25.0. The number of hydrogen-bond donors (Lipinski definition) is 1. The average Bonchev–Trinajstić information content (AvgIpc) is 3.74. The zero-order chi connectivity index (χ0) is 27.2. The Bertz CT molecular complexity index is 1600. The van der Waals surface area contributed by atoms with Crippen molar-refractivity contribution < 1.29 is 14.2 Å². The van der Waals surface area contributed by atoms with E-state index in [1.165, 1.54) is 16.8 Å². The maximum absolute atomic E-state index is 13.7. The van der Waals surface area contributed by atoms with Crippen molar-refractivity contribution in [2.75, 3.05) is 44.5 Å². The Labute approximate surface area is 231 Å². The number of aryl methyl sites for hydroxylation is 1. The molecule has 4 aromatic rings. The van der Waals surface area contributed by atoms with Gasteiger partial charge in [0.15, 0.2) is 17.3 Å². The molecule has 2 fully saturated rings. The number of nitrogens with zero attached hydrogens (tertiary/aromatic N) is 6. The van der Waals surface area contributed by atoms with Crippen LogP contribution in [0.1, 0.15) is 41.4 Å². The fraction of sp³-hybridized carbons (Fsp3) is 0.448. The molecule has 11 heteroatoms. The highest BCUT2D eigenvalue weighted by atomic mass is 16.7. The Morgan fingerprint density at radius 2 is 1.90 bits per heavy atom. The van der Waals surface area contributed by atoms with E-state index in [9.17, 15) is 4.79 Å². The molecule has 0 saturated carbocycles. The molecule has 2 aromatic carbocycles. The lowest BCUT2D eigenvalue weighted by molar-refractivity contribution is 0.0906. The summed E-state index contributed by atoms with van der Waals surface area (Å²) in [5, 5.41) is 13.7. The second-order valence-corrected chi connectivity index (χ2v) is 10.8. The largest absolute Gasteiger partial charge is 0.454 e. The summed E-state index contributed by atoms with van der Waals surface area (Å²) in [4.78, 5) is 21.5. The van der Waals surface area contributed by atoms with Gasteiger partial charge in [0.05, 0.1) is 18.2 Å². The number of anilines is 1. The molecule has 0 aliphatic carbocycles. The Morgan fingerprint density at radius 1 is 1.07 bits per heavy atom. The third kappa shape index (κ3) is 4.48. The van der Waals surface area contributed by atoms with Gasteiger partial charge >= 0.3 is 0 Å². The van der Waals surface area contributed by atoms with Crippen molar-refractivity contribution in [1.82, 2.24) is 30.1 Å². The van der Waals surface area contributed by atoms with Crippen molar-refractivity contribution in [2.24, 2.45) is 0 Å². The van der Waals surface area contributed by atoms with Gasteiger partial charge in [-0.25, -0.2) is 4.68 Å². The lowest BCUT2D eigenvalue weighted by Crippen LogP contribution is -2.49. The molecule has 2 atom stereocenters. The van der Waals surface area contributed by atoms with Gasteiger partial charge in [0.25, 0.3) is 5.56 Å². The summed E-state index contributed by atoms with van der Waals surface area (Å²) in [6.07, 6.45) is 2.08. The van der Waals surface area contributed by atoms with E-state index in [4.69, 9.17) is 14.2 Å². The van der Waals surface area contributed by atoms with Gasteiger partial charge in [0, 0.05) is 55.5 Å². The number of rotatable bonds is 6. The number of fused-ring (bicyclic) bond motifs is 2. The molecule has 2 saturated heterocycles. The smallest absolute Gasteiger partial charge is 0.253 e. The summed E-state index contributed by atoms with van der Waals surface area (Å²) in [5.74, 6) is 1.96. The fourth-order valence-corrected chi connectivity index (χ4v) is 6.13. The minimum absolute atomic E-state index is 0.0682. The molecule has 11 nitrogen and oxygen atoms in total. The van der Waals surface area contributed by atoms with Gasteiger partial charge < -0.3 is 24.1 Å². The molecule has 3 aliphatic rings. The van der Waals surface area contributed by atoms with Gasteiger partial charge in [-0.1, -0.05) is 12.1 Å². The topological polar surface area (TPSA) is 111 Å². The number of piperazine rings is 1. The van der Waals surface area contributed by atoms with Crippen LogP contribution in [0, 0.1) is 13.8 Å². The third-order valence-corrected chi connectivity index (χ3v) is 8.46. The van der Waals surface area contributed by atoms with E-state index in [-0.39, 0.29) is 18.5 Å². The van der Waals surface area contributed by atoms with E-state index < -0.39 is 6.04 Å². The zero-order valence-electron chi connectivity index (χ0n) is 22.8. The van der Waals surface area contributed by atoms with Crippen molar-refractivity contribution in [3.63, 3.8) is 0 Å². The maximum atomic E-state index is 13.7. The van der Waals surface area contributed by atoms with Crippen LogP contribution >= 0.6 is 0 Å². The van der Waals surface area contributed by atoms with Gasteiger partial charge in [-0.2, -0.15) is 0 Å². The minimum atomic E-state index is -0.421. The van der Waals surface area contributed by atoms with Crippen molar-refractivity contribution >= 4 is 16.6 Å². The van der Waals surface area contributed by atoms with Crippen LogP contribution in [0.25, 0.3) is 10.9 Å². The van der Waals surface area contributed by atoms with Crippen LogP contribution in [0.2, 0.25) is 0 Å². The Hall–Kier alpha value is -3.96. The molecule has 0 bridgehead atoms. The van der Waals surface area contributed by atoms with Crippen molar-refractivity contribution in [3.8, 4) is 11.5 Å². The highest BCUT2D eigenvalue weighted by Crippen LogP contribution is 2.37. The second kappa shape index (κ2) is 10.2. The molecule has 208 valence electrons. The molecule has 0 spiro atoms. The number of nitrogens with one attached hydrogen (secondary N) is 1. The first-order valence-electron chi connectivity index (χ1n) is 13.9. The number of hydrogen-bond acceptors (Lipinski definition) is 9. The molecule has 2 aromatic heterocycles. The van der Waals surface area contributed by atoms with Gasteiger partial charge in [-0.15, -0.1) is 5.10 Å². The lowest BCUT2D eigenvalue weighted by atomic mass is 10.0. The summed E-state index contributed by atoms with van der Waals surface area (Å²) in [7, 11) is 0. The predicted octanol–water partition coefficient (Wildman–Crippen LogP) is 2.95. The molecule has 7 rings (SSSR count). The first-order chi connectivity index (χ1) is 19.5. The molecule has 0 unspecified atom stereocenters. The van der Waals surface area contributed by atoms with E-state index in [0.717, 1.165) is 51.0 Å². The van der Waals surface area contributed by atoms with Crippen LogP contribution in [0.5, 0.6) is 11.5 Å². The number of H-pyrrole nitrogens is 1. The highest BCUT2D eigenvalue weighted by Gasteiger charge is 2.34. The van der Waals surface area contributed by atoms with E-state index in [1.54, 1.807) is 0 Å². The number of ether oxygens (including phenoxy) is 3. The first-order valence-corrected chi connectivity index (χ1v) is 13.9. The normalized spacial score (nSPS) is 19.9. The van der Waals surface area contributed by atoms with Gasteiger partial charge in [-0.3, -0.25) is 9.69 Å². The molecule has 40 heavy (non-hydrogen) atoms. The van der Waals surface area contributed by atoms with Gasteiger partial charge in [0.2, 0.25) is 6.79 Å². The van der Waals surface area contributed by atoms with E-state index >= 15 is 0 Å². The van der Waals surface area contributed by atoms with E-state index in [2.05, 4.69) is 62.4 Å². The third-order valence-electron chi connectivity index (χ3n) is 8.46. The van der Waals surface area contributed by atoms with E-state index in [0.29, 0.717) is 34.9 Å². The number of tetrazole rings is 1. The van der Waals surface area contributed by atoms with Crippen LogP contribution in [-0.2, 0) is 11.3 Å². The van der Waals surface area contributed by atoms with Crippen molar-refractivity contribution in [3.05, 3.63) is 69.3 Å². The lowest BCUT2D eigenvalue weighted by Gasteiger charge is -2.40. The number of pyridine rings is 1. The van der Waals surface area contributed by atoms with Gasteiger partial charge in [-0.05, 0) is 66.4 Å². The van der Waals surface area contributed by atoms with Crippen molar-refractivity contribution in [2.45, 2.75) is 45.4 Å². The van der Waals surface area contributed by atoms with Gasteiger partial charge in [0.1, 0.15) is 6.04 Å². The summed E-state index contributed by atoms with van der Waals surface area (Å²) >= 11 is 0. The summed E-state index contributed by atoms with van der Waals surface area (Å²) in [6, 6.07) is 11.7.